The molecule has 5 nitrogen and oxygen atoms in total. The number of pyridine rings is 1. The van der Waals surface area contributed by atoms with Gasteiger partial charge in [0.25, 0.3) is 0 Å². The number of benzene rings is 1. The lowest BCUT2D eigenvalue weighted by molar-refractivity contribution is 0.328. The van der Waals surface area contributed by atoms with Crippen molar-refractivity contribution >= 4 is 5.69 Å². The molecule has 2 N–H and O–H groups in total. The van der Waals surface area contributed by atoms with Crippen molar-refractivity contribution in [2.75, 3.05) is 19.0 Å². The summed E-state index contributed by atoms with van der Waals surface area (Å²) < 4.78 is 10.5. The molecule has 2 rings (SSSR count). The summed E-state index contributed by atoms with van der Waals surface area (Å²) in [5.74, 6) is 1.17. The molecule has 106 valence electrons. The first-order valence-electron chi connectivity index (χ1n) is 6.42. The smallest absolute Gasteiger partial charge is 0.237 e. The van der Waals surface area contributed by atoms with Gasteiger partial charge in [-0.15, -0.1) is 0 Å². The van der Waals surface area contributed by atoms with Crippen LogP contribution in [0.2, 0.25) is 0 Å². The number of methoxy groups -OCH3 is 1. The minimum Gasteiger partial charge on any atom is -0.504 e. The normalized spacial score (nSPS) is 10.1. The number of aromatic nitrogens is 1. The lowest BCUT2D eigenvalue weighted by Crippen LogP contribution is -2.04. The zero-order valence-electron chi connectivity index (χ0n) is 11.6. The Morgan fingerprint density at radius 2 is 2.15 bits per heavy atom. The maximum atomic E-state index is 9.56. The number of aromatic hydroxyl groups is 1. The van der Waals surface area contributed by atoms with Crippen LogP contribution >= 0.6 is 0 Å². The number of ether oxygens (including phenoxy) is 2. The summed E-state index contributed by atoms with van der Waals surface area (Å²) in [4.78, 5) is 4.18. The van der Waals surface area contributed by atoms with Gasteiger partial charge in [0.1, 0.15) is 0 Å². The third-order valence-electron chi connectivity index (χ3n) is 2.78. The molecule has 0 saturated carbocycles. The average Bonchev–Trinajstić information content (AvgIpc) is 2.48. The second-order valence-electron chi connectivity index (χ2n) is 4.15. The maximum absolute atomic E-state index is 9.56. The molecule has 0 atom stereocenters. The summed E-state index contributed by atoms with van der Waals surface area (Å²) in [6.45, 7) is 3.07. The van der Waals surface area contributed by atoms with Crippen molar-refractivity contribution in [2.45, 2.75) is 13.5 Å². The summed E-state index contributed by atoms with van der Waals surface area (Å²) >= 11 is 0. The summed E-state index contributed by atoms with van der Waals surface area (Å²) in [5, 5.41) is 12.8. The summed E-state index contributed by atoms with van der Waals surface area (Å²) in [5.41, 5.74) is 1.83. The number of anilines is 1. The third kappa shape index (κ3) is 3.32. The third-order valence-corrected chi connectivity index (χ3v) is 2.78. The van der Waals surface area contributed by atoms with Gasteiger partial charge >= 0.3 is 0 Å². The molecule has 1 heterocycles. The quantitative estimate of drug-likeness (QED) is 0.848. The van der Waals surface area contributed by atoms with E-state index in [1.54, 1.807) is 18.3 Å². The maximum Gasteiger partial charge on any atom is 0.237 e. The van der Waals surface area contributed by atoms with Crippen LogP contribution < -0.4 is 14.8 Å². The van der Waals surface area contributed by atoms with Gasteiger partial charge in [-0.3, -0.25) is 0 Å². The molecule has 2 aromatic rings. The number of hydrogen-bond acceptors (Lipinski definition) is 5. The molecule has 0 aliphatic rings. The highest BCUT2D eigenvalue weighted by molar-refractivity contribution is 5.53. The lowest BCUT2D eigenvalue weighted by atomic mass is 10.2. The van der Waals surface area contributed by atoms with Gasteiger partial charge in [0.15, 0.2) is 11.5 Å². The molecule has 0 bridgehead atoms. The number of phenols is 1. The first-order chi connectivity index (χ1) is 9.74. The van der Waals surface area contributed by atoms with Crippen LogP contribution in [0.5, 0.6) is 17.4 Å². The molecule has 0 radical (unpaired) electrons. The molecule has 5 heteroatoms. The van der Waals surface area contributed by atoms with Crippen LogP contribution in [0.4, 0.5) is 5.69 Å². The van der Waals surface area contributed by atoms with Crippen molar-refractivity contribution in [3.8, 4) is 17.4 Å². The lowest BCUT2D eigenvalue weighted by Gasteiger charge is -2.12. The number of rotatable bonds is 6. The minimum atomic E-state index is 0.132. The van der Waals surface area contributed by atoms with E-state index in [1.165, 1.54) is 7.11 Å². The van der Waals surface area contributed by atoms with Crippen LogP contribution in [-0.2, 0) is 6.54 Å². The van der Waals surface area contributed by atoms with E-state index in [9.17, 15) is 5.11 Å². The van der Waals surface area contributed by atoms with Gasteiger partial charge in [-0.05, 0) is 36.8 Å². The molecule has 1 aromatic carbocycles. The Hall–Kier alpha value is -2.43. The van der Waals surface area contributed by atoms with Crippen molar-refractivity contribution in [2.24, 2.45) is 0 Å². The number of nitrogens with zero attached hydrogens (tertiary/aromatic N) is 1. The van der Waals surface area contributed by atoms with Gasteiger partial charge in [0, 0.05) is 12.7 Å². The SMILES string of the molecule is CCOc1ncccc1NCc1ccc(O)c(OC)c1. The van der Waals surface area contributed by atoms with Gasteiger partial charge in [-0.2, -0.15) is 0 Å². The molecule has 1 aromatic heterocycles. The molecule has 0 unspecified atom stereocenters. The Balaban J connectivity index is 2.09. The van der Waals surface area contributed by atoms with Crippen molar-refractivity contribution in [3.05, 3.63) is 42.1 Å². The molecule has 0 amide bonds. The largest absolute Gasteiger partial charge is 0.504 e. The van der Waals surface area contributed by atoms with Crippen LogP contribution in [0, 0.1) is 0 Å². The van der Waals surface area contributed by atoms with Crippen molar-refractivity contribution < 1.29 is 14.6 Å². The highest BCUT2D eigenvalue weighted by Crippen LogP contribution is 2.27. The van der Waals surface area contributed by atoms with E-state index in [0.29, 0.717) is 24.8 Å². The molecule has 0 fully saturated rings. The fraction of sp³-hybridized carbons (Fsp3) is 0.267. The highest BCUT2D eigenvalue weighted by atomic mass is 16.5. The van der Waals surface area contributed by atoms with E-state index in [1.807, 2.05) is 25.1 Å². The van der Waals surface area contributed by atoms with Gasteiger partial charge < -0.3 is 19.9 Å². The van der Waals surface area contributed by atoms with Gasteiger partial charge in [0.2, 0.25) is 5.88 Å². The Kier molecular flexibility index (Phi) is 4.65. The fourth-order valence-corrected chi connectivity index (χ4v) is 1.81. The standard InChI is InChI=1S/C15H18N2O3/c1-3-20-15-12(5-4-8-16-15)17-10-11-6-7-13(18)14(9-11)19-2/h4-9,17-18H,3,10H2,1-2H3. The number of nitrogens with one attached hydrogen (secondary N) is 1. The fourth-order valence-electron chi connectivity index (χ4n) is 1.81. The van der Waals surface area contributed by atoms with Crippen LogP contribution in [0.3, 0.4) is 0 Å². The van der Waals surface area contributed by atoms with Crippen LogP contribution in [0.15, 0.2) is 36.5 Å². The zero-order valence-corrected chi connectivity index (χ0v) is 11.6. The van der Waals surface area contributed by atoms with Crippen molar-refractivity contribution in [3.63, 3.8) is 0 Å². The number of hydrogen-bond donors (Lipinski definition) is 2. The Morgan fingerprint density at radius 3 is 2.90 bits per heavy atom. The molecule has 0 aliphatic heterocycles. The Labute approximate surface area is 118 Å². The van der Waals surface area contributed by atoms with E-state index < -0.39 is 0 Å². The second kappa shape index (κ2) is 6.65. The predicted molar refractivity (Wildman–Crippen MR) is 77.4 cm³/mol. The summed E-state index contributed by atoms with van der Waals surface area (Å²) in [6.07, 6.45) is 1.69. The van der Waals surface area contributed by atoms with E-state index in [2.05, 4.69) is 10.3 Å². The molecular weight excluding hydrogens is 256 g/mol. The molecule has 0 aliphatic carbocycles. The van der Waals surface area contributed by atoms with Gasteiger partial charge in [-0.25, -0.2) is 4.98 Å². The van der Waals surface area contributed by atoms with Gasteiger partial charge in [0.05, 0.1) is 19.4 Å². The highest BCUT2D eigenvalue weighted by Gasteiger charge is 2.05. The molecular formula is C15H18N2O3. The molecule has 0 spiro atoms. The number of phenolic OH excluding ortho intramolecular Hbond substituents is 1. The van der Waals surface area contributed by atoms with E-state index >= 15 is 0 Å². The van der Waals surface area contributed by atoms with Crippen LogP contribution in [0.1, 0.15) is 12.5 Å². The van der Waals surface area contributed by atoms with Crippen LogP contribution in [0.25, 0.3) is 0 Å². The first kappa shape index (κ1) is 14.0. The monoisotopic (exact) mass is 274 g/mol. The molecule has 0 saturated heterocycles. The average molecular weight is 274 g/mol. The summed E-state index contributed by atoms with van der Waals surface area (Å²) in [6, 6.07) is 9.00. The van der Waals surface area contributed by atoms with E-state index in [4.69, 9.17) is 9.47 Å². The van der Waals surface area contributed by atoms with E-state index in [-0.39, 0.29) is 5.75 Å². The van der Waals surface area contributed by atoms with E-state index in [0.717, 1.165) is 11.3 Å². The molecule has 20 heavy (non-hydrogen) atoms. The van der Waals surface area contributed by atoms with Crippen LogP contribution in [-0.4, -0.2) is 23.8 Å². The predicted octanol–water partition coefficient (Wildman–Crippen LogP) is 2.81. The first-order valence-corrected chi connectivity index (χ1v) is 6.42. The zero-order chi connectivity index (χ0) is 14.4. The second-order valence-corrected chi connectivity index (χ2v) is 4.15. The van der Waals surface area contributed by atoms with Gasteiger partial charge in [-0.1, -0.05) is 6.07 Å². The van der Waals surface area contributed by atoms with Crippen molar-refractivity contribution in [1.82, 2.24) is 4.98 Å². The minimum absolute atomic E-state index is 0.132. The topological polar surface area (TPSA) is 63.6 Å². The van der Waals surface area contributed by atoms with Crippen molar-refractivity contribution in [1.29, 1.82) is 0 Å². The Bertz CT molecular complexity index is 573. The Morgan fingerprint density at radius 1 is 1.30 bits per heavy atom. The summed E-state index contributed by atoms with van der Waals surface area (Å²) in [7, 11) is 1.53.